The molecule has 0 unspecified atom stereocenters. The molecule has 0 saturated heterocycles. The van der Waals surface area contributed by atoms with Crippen LogP contribution in [-0.2, 0) is 23.5 Å². The zero-order valence-electron chi connectivity index (χ0n) is 11.6. The van der Waals surface area contributed by atoms with Crippen LogP contribution in [-0.4, -0.2) is 22.7 Å². The first-order valence-electron chi connectivity index (χ1n) is 6.40. The Labute approximate surface area is 152 Å². The van der Waals surface area contributed by atoms with Gasteiger partial charge in [-0.25, -0.2) is 4.98 Å². The van der Waals surface area contributed by atoms with Gasteiger partial charge in [0.25, 0.3) is 0 Å². The summed E-state index contributed by atoms with van der Waals surface area (Å²) in [6.07, 6.45) is 2.74. The Morgan fingerprint density at radius 2 is 1.64 bits per heavy atom. The number of nitrogens with one attached hydrogen (secondary N) is 1. The molecule has 0 atom stereocenters. The van der Waals surface area contributed by atoms with E-state index in [0.29, 0.717) is 0 Å². The summed E-state index contributed by atoms with van der Waals surface area (Å²) in [6, 6.07) is 18.2. The Kier molecular flexibility index (Phi) is 9.79. The van der Waals surface area contributed by atoms with Gasteiger partial charge in [0.05, 0.1) is 11.0 Å². The molecule has 6 heteroatoms. The number of para-hydroxylation sites is 2. The van der Waals surface area contributed by atoms with Gasteiger partial charge in [-0.3, -0.25) is 4.99 Å². The molecule has 1 radical (unpaired) electrons. The average molecular weight is 384 g/mol. The molecule has 0 amide bonds. The Morgan fingerprint density at radius 3 is 2.36 bits per heavy atom. The topological polar surface area (TPSA) is 41.0 Å². The monoisotopic (exact) mass is 382 g/mol. The molecule has 0 aliphatic heterocycles. The normalized spacial score (nSPS) is 9.82. The maximum absolute atomic E-state index is 4.53. The molecule has 0 bridgehead atoms. The summed E-state index contributed by atoms with van der Waals surface area (Å²) in [5, 5.41) is 0. The minimum absolute atomic E-state index is 0. The Hall–Kier alpha value is -1.32. The molecule has 0 aliphatic rings. The van der Waals surface area contributed by atoms with Crippen molar-refractivity contribution in [3.05, 3.63) is 66.0 Å². The minimum Gasteiger partial charge on any atom is -1.00 e. The third-order valence-corrected chi connectivity index (χ3v) is 2.96. The number of benzene rings is 2. The summed E-state index contributed by atoms with van der Waals surface area (Å²) in [5.41, 5.74) is 3.24. The van der Waals surface area contributed by atoms with Gasteiger partial charge >= 0.3 is 17.1 Å². The fraction of sp³-hybridized carbons (Fsp3) is 0.125. The number of aromatic amines is 1. The summed E-state index contributed by atoms with van der Waals surface area (Å²) in [4.78, 5) is 12.3. The summed E-state index contributed by atoms with van der Waals surface area (Å²) < 4.78 is 0. The number of aromatic nitrogens is 2. The van der Waals surface area contributed by atoms with Crippen molar-refractivity contribution in [1.29, 1.82) is 0 Å². The van der Waals surface area contributed by atoms with Crippen LogP contribution < -0.4 is 24.8 Å². The predicted octanol–water partition coefficient (Wildman–Crippen LogP) is -2.77. The number of H-pyrrole nitrogens is 1. The number of halogens is 2. The van der Waals surface area contributed by atoms with Gasteiger partial charge in [-0.2, -0.15) is 0 Å². The van der Waals surface area contributed by atoms with Gasteiger partial charge in [0.15, 0.2) is 0 Å². The van der Waals surface area contributed by atoms with E-state index in [2.05, 4.69) is 15.0 Å². The van der Waals surface area contributed by atoms with Crippen molar-refractivity contribution in [1.82, 2.24) is 9.97 Å². The molecule has 0 spiro atoms. The van der Waals surface area contributed by atoms with E-state index < -0.39 is 0 Å². The van der Waals surface area contributed by atoms with Crippen LogP contribution in [0, 0.1) is 0 Å². The largest absolute Gasteiger partial charge is 2.00 e. The van der Waals surface area contributed by atoms with Crippen molar-refractivity contribution in [2.75, 3.05) is 6.54 Å². The first-order valence-corrected chi connectivity index (χ1v) is 6.40. The Morgan fingerprint density at radius 1 is 0.955 bits per heavy atom. The minimum atomic E-state index is 0. The predicted molar refractivity (Wildman–Crippen MR) is 78.7 cm³/mol. The molecule has 0 fully saturated rings. The number of aliphatic imine (C=N–C) groups is 1. The standard InChI is InChI=1S/C16H15N3.2ClH.Cu/c1-2-6-13(7-3-1)12-17-11-10-16-18-14-8-4-5-9-15(14)19-16;;;/h1-9,12H,10-11H2,(H,18,19);2*1H;/q;;;+2/p-2. The van der Waals surface area contributed by atoms with E-state index in [1.54, 1.807) is 0 Å². The van der Waals surface area contributed by atoms with E-state index in [4.69, 9.17) is 0 Å². The molecule has 0 saturated carbocycles. The maximum atomic E-state index is 4.53. The van der Waals surface area contributed by atoms with E-state index in [1.807, 2.05) is 60.8 Å². The number of hydrogen-bond acceptors (Lipinski definition) is 2. The zero-order chi connectivity index (χ0) is 12.9. The Bertz CT molecular complexity index is 666. The third-order valence-electron chi connectivity index (χ3n) is 2.96. The van der Waals surface area contributed by atoms with Crippen LogP contribution in [0.2, 0.25) is 0 Å². The summed E-state index contributed by atoms with van der Waals surface area (Å²) in [5.74, 6) is 0.992. The fourth-order valence-electron chi connectivity index (χ4n) is 2.00. The van der Waals surface area contributed by atoms with Crippen LogP contribution in [0.3, 0.4) is 0 Å². The molecule has 22 heavy (non-hydrogen) atoms. The van der Waals surface area contributed by atoms with Gasteiger partial charge in [-0.05, 0) is 17.7 Å². The molecule has 1 aromatic heterocycles. The number of imidazole rings is 1. The number of fused-ring (bicyclic) bond motifs is 1. The molecule has 3 aromatic rings. The Balaban J connectivity index is 0.00000147. The first-order chi connectivity index (χ1) is 9.42. The number of nitrogens with zero attached hydrogens (tertiary/aromatic N) is 2. The van der Waals surface area contributed by atoms with Gasteiger partial charge in [-0.1, -0.05) is 42.5 Å². The van der Waals surface area contributed by atoms with Crippen LogP contribution >= 0.6 is 0 Å². The molecule has 1 N–H and O–H groups in total. The van der Waals surface area contributed by atoms with Crippen LogP contribution in [0.15, 0.2) is 59.6 Å². The molecule has 3 nitrogen and oxygen atoms in total. The second-order valence-corrected chi connectivity index (χ2v) is 4.40. The maximum Gasteiger partial charge on any atom is 2.00 e. The van der Waals surface area contributed by atoms with Crippen molar-refractivity contribution in [3.63, 3.8) is 0 Å². The summed E-state index contributed by atoms with van der Waals surface area (Å²) in [6.45, 7) is 0.745. The van der Waals surface area contributed by atoms with E-state index in [-0.39, 0.29) is 41.9 Å². The molecule has 3 rings (SSSR count). The van der Waals surface area contributed by atoms with Gasteiger partial charge in [0.1, 0.15) is 5.82 Å². The van der Waals surface area contributed by atoms with Crippen molar-refractivity contribution in [3.8, 4) is 0 Å². The third kappa shape index (κ3) is 5.47. The first kappa shape index (κ1) is 20.7. The summed E-state index contributed by atoms with van der Waals surface area (Å²) >= 11 is 0. The molecular weight excluding hydrogens is 369 g/mol. The van der Waals surface area contributed by atoms with Crippen LogP contribution in [0.5, 0.6) is 0 Å². The number of hydrogen-bond donors (Lipinski definition) is 1. The fourth-order valence-corrected chi connectivity index (χ4v) is 2.00. The van der Waals surface area contributed by atoms with E-state index in [1.165, 1.54) is 0 Å². The van der Waals surface area contributed by atoms with Gasteiger partial charge in [0, 0.05) is 19.2 Å². The van der Waals surface area contributed by atoms with E-state index in [9.17, 15) is 0 Å². The van der Waals surface area contributed by atoms with E-state index in [0.717, 1.165) is 35.4 Å². The second kappa shape index (κ2) is 10.4. The van der Waals surface area contributed by atoms with Crippen LogP contribution in [0.4, 0.5) is 0 Å². The summed E-state index contributed by atoms with van der Waals surface area (Å²) in [7, 11) is 0. The number of rotatable bonds is 4. The quantitative estimate of drug-likeness (QED) is 0.385. The van der Waals surface area contributed by atoms with E-state index >= 15 is 0 Å². The molecule has 119 valence electrons. The molecule has 1 heterocycles. The van der Waals surface area contributed by atoms with Crippen molar-refractivity contribution < 1.29 is 41.9 Å². The average Bonchev–Trinajstić information content (AvgIpc) is 2.87. The van der Waals surface area contributed by atoms with Crippen LogP contribution in [0.25, 0.3) is 11.0 Å². The molecular formula is C16H15Cl2CuN3. The molecule has 2 aromatic carbocycles. The second-order valence-electron chi connectivity index (χ2n) is 4.40. The van der Waals surface area contributed by atoms with Crippen molar-refractivity contribution >= 4 is 17.2 Å². The SMILES string of the molecule is C(=NCCc1nc2ccccc2[nH]1)c1ccccc1.[Cl-].[Cl-].[Cu+2]. The van der Waals surface area contributed by atoms with Crippen molar-refractivity contribution in [2.45, 2.75) is 6.42 Å². The van der Waals surface area contributed by atoms with Gasteiger partial charge < -0.3 is 29.8 Å². The van der Waals surface area contributed by atoms with Gasteiger partial charge in [-0.15, -0.1) is 0 Å². The zero-order valence-corrected chi connectivity index (χ0v) is 14.1. The molecule has 0 aliphatic carbocycles. The smallest absolute Gasteiger partial charge is 1.00 e. The van der Waals surface area contributed by atoms with Gasteiger partial charge in [0.2, 0.25) is 0 Å². The van der Waals surface area contributed by atoms with Crippen molar-refractivity contribution in [2.24, 2.45) is 4.99 Å². The van der Waals surface area contributed by atoms with Crippen LogP contribution in [0.1, 0.15) is 11.4 Å².